The van der Waals surface area contributed by atoms with Gasteiger partial charge < -0.3 is 10.1 Å². The molecule has 0 atom stereocenters. The average Bonchev–Trinajstić information content (AvgIpc) is 2.76. The van der Waals surface area contributed by atoms with Gasteiger partial charge >= 0.3 is 5.97 Å². The molecule has 3 aromatic rings. The third-order valence-corrected chi connectivity index (χ3v) is 2.90. The molecule has 2 N–H and O–H groups in total. The highest BCUT2D eigenvalue weighted by Gasteiger charge is 2.14. The maximum absolute atomic E-state index is 11.1. The molecule has 0 radical (unpaired) electrons. The molecular formula is C12H7ClN2O2. The molecule has 84 valence electrons. The van der Waals surface area contributed by atoms with Crippen molar-refractivity contribution in [1.82, 2.24) is 9.97 Å². The molecular weight excluding hydrogens is 240 g/mol. The lowest BCUT2D eigenvalue weighted by atomic mass is 10.1. The fourth-order valence-electron chi connectivity index (χ4n) is 1.94. The summed E-state index contributed by atoms with van der Waals surface area (Å²) in [6.07, 6.45) is 1.70. The Morgan fingerprint density at radius 2 is 2.12 bits per heavy atom. The summed E-state index contributed by atoms with van der Waals surface area (Å²) in [6, 6.07) is 6.95. The van der Waals surface area contributed by atoms with Crippen molar-refractivity contribution in [2.75, 3.05) is 0 Å². The Morgan fingerprint density at radius 1 is 1.29 bits per heavy atom. The van der Waals surface area contributed by atoms with Crippen molar-refractivity contribution >= 4 is 39.4 Å². The van der Waals surface area contributed by atoms with E-state index in [2.05, 4.69) is 9.97 Å². The molecule has 0 fully saturated rings. The molecule has 0 aliphatic carbocycles. The van der Waals surface area contributed by atoms with E-state index < -0.39 is 5.97 Å². The number of pyridine rings is 1. The molecule has 0 unspecified atom stereocenters. The smallest absolute Gasteiger partial charge is 0.355 e. The third-order valence-electron chi connectivity index (χ3n) is 2.67. The number of carboxylic acids is 1. The lowest BCUT2D eigenvalue weighted by molar-refractivity contribution is 0.0693. The summed E-state index contributed by atoms with van der Waals surface area (Å²) in [5, 5.41) is 11.1. The van der Waals surface area contributed by atoms with Crippen molar-refractivity contribution in [3.8, 4) is 0 Å². The minimum atomic E-state index is -1.04. The number of nitrogens with zero attached hydrogens (tertiary/aromatic N) is 1. The number of halogens is 1. The van der Waals surface area contributed by atoms with Crippen LogP contribution in [0.4, 0.5) is 0 Å². The van der Waals surface area contributed by atoms with Gasteiger partial charge in [-0.25, -0.2) is 9.78 Å². The van der Waals surface area contributed by atoms with Crippen LogP contribution in [0.15, 0.2) is 30.5 Å². The van der Waals surface area contributed by atoms with Crippen molar-refractivity contribution in [2.24, 2.45) is 0 Å². The highest BCUT2D eigenvalue weighted by molar-refractivity contribution is 6.31. The molecule has 2 aromatic heterocycles. The monoisotopic (exact) mass is 246 g/mol. The van der Waals surface area contributed by atoms with E-state index in [1.165, 1.54) is 0 Å². The summed E-state index contributed by atoms with van der Waals surface area (Å²) < 4.78 is 0. The van der Waals surface area contributed by atoms with E-state index in [1.54, 1.807) is 24.4 Å². The first-order chi connectivity index (χ1) is 8.16. The first-order valence-corrected chi connectivity index (χ1v) is 5.34. The highest BCUT2D eigenvalue weighted by atomic mass is 35.5. The van der Waals surface area contributed by atoms with Crippen LogP contribution in [-0.2, 0) is 0 Å². The van der Waals surface area contributed by atoms with Gasteiger partial charge in [0, 0.05) is 22.0 Å². The van der Waals surface area contributed by atoms with Gasteiger partial charge in [-0.05, 0) is 24.3 Å². The molecule has 0 bridgehead atoms. The van der Waals surface area contributed by atoms with Crippen LogP contribution in [0.25, 0.3) is 21.8 Å². The number of benzene rings is 1. The number of hydrogen-bond donors (Lipinski definition) is 2. The van der Waals surface area contributed by atoms with Gasteiger partial charge in [0.1, 0.15) is 0 Å². The van der Waals surface area contributed by atoms with Crippen LogP contribution < -0.4 is 0 Å². The van der Waals surface area contributed by atoms with Crippen LogP contribution in [0.3, 0.4) is 0 Å². The molecule has 0 aliphatic rings. The number of carbonyl (C=O) groups is 1. The Bertz CT molecular complexity index is 749. The summed E-state index contributed by atoms with van der Waals surface area (Å²) in [7, 11) is 0. The number of hydrogen-bond acceptors (Lipinski definition) is 2. The van der Waals surface area contributed by atoms with E-state index in [0.717, 1.165) is 10.9 Å². The van der Waals surface area contributed by atoms with Crippen molar-refractivity contribution in [1.29, 1.82) is 0 Å². The molecule has 1 aromatic carbocycles. The van der Waals surface area contributed by atoms with Crippen molar-refractivity contribution in [3.05, 3.63) is 41.2 Å². The number of fused-ring (bicyclic) bond motifs is 3. The average molecular weight is 247 g/mol. The maximum atomic E-state index is 11.1. The minimum Gasteiger partial charge on any atom is -0.476 e. The molecule has 0 saturated carbocycles. The number of rotatable bonds is 1. The lowest BCUT2D eigenvalue weighted by Gasteiger charge is -2.03. The van der Waals surface area contributed by atoms with E-state index in [1.807, 2.05) is 6.07 Å². The van der Waals surface area contributed by atoms with E-state index in [-0.39, 0.29) is 5.69 Å². The zero-order valence-electron chi connectivity index (χ0n) is 8.57. The molecule has 17 heavy (non-hydrogen) atoms. The molecule has 3 rings (SSSR count). The van der Waals surface area contributed by atoms with Gasteiger partial charge in [-0.2, -0.15) is 0 Å². The van der Waals surface area contributed by atoms with Crippen molar-refractivity contribution in [3.63, 3.8) is 0 Å². The molecule has 4 nitrogen and oxygen atoms in total. The second-order valence-electron chi connectivity index (χ2n) is 3.69. The lowest BCUT2D eigenvalue weighted by Crippen LogP contribution is -2.01. The van der Waals surface area contributed by atoms with Crippen LogP contribution in [0, 0.1) is 0 Å². The molecule has 0 saturated heterocycles. The van der Waals surface area contributed by atoms with Crippen LogP contribution in [-0.4, -0.2) is 21.0 Å². The van der Waals surface area contributed by atoms with Crippen LogP contribution in [0.5, 0.6) is 0 Å². The quantitative estimate of drug-likeness (QED) is 0.693. The Kier molecular flexibility index (Phi) is 2.06. The number of nitrogens with one attached hydrogen (secondary N) is 1. The van der Waals surface area contributed by atoms with E-state index in [4.69, 9.17) is 16.7 Å². The van der Waals surface area contributed by atoms with Crippen LogP contribution in [0.1, 0.15) is 10.5 Å². The molecule has 0 amide bonds. The zero-order valence-corrected chi connectivity index (χ0v) is 9.32. The van der Waals surface area contributed by atoms with E-state index in [0.29, 0.717) is 15.9 Å². The summed E-state index contributed by atoms with van der Waals surface area (Å²) in [6.45, 7) is 0. The van der Waals surface area contributed by atoms with Gasteiger partial charge in [-0.3, -0.25) is 0 Å². The SMILES string of the molecule is O=C(O)c1nc2cc(Cl)ccc2c2[nH]ccc12. The zero-order chi connectivity index (χ0) is 12.0. The summed E-state index contributed by atoms with van der Waals surface area (Å²) in [4.78, 5) is 18.3. The minimum absolute atomic E-state index is 0.0380. The van der Waals surface area contributed by atoms with Crippen molar-refractivity contribution < 1.29 is 9.90 Å². The van der Waals surface area contributed by atoms with E-state index in [9.17, 15) is 4.79 Å². The molecule has 0 spiro atoms. The van der Waals surface area contributed by atoms with Gasteiger partial charge in [-0.1, -0.05) is 11.6 Å². The van der Waals surface area contributed by atoms with Crippen molar-refractivity contribution in [2.45, 2.75) is 0 Å². The van der Waals surface area contributed by atoms with Gasteiger partial charge in [0.15, 0.2) is 5.69 Å². The Balaban J connectivity index is 2.55. The summed E-state index contributed by atoms with van der Waals surface area (Å²) in [5.41, 5.74) is 1.38. The first-order valence-electron chi connectivity index (χ1n) is 4.96. The number of carboxylic acid groups (broad SMARTS) is 1. The molecule has 5 heteroatoms. The number of aromatic nitrogens is 2. The predicted molar refractivity (Wildman–Crippen MR) is 65.6 cm³/mol. The number of aromatic carboxylic acids is 1. The summed E-state index contributed by atoms with van der Waals surface area (Å²) >= 11 is 5.88. The second-order valence-corrected chi connectivity index (χ2v) is 4.13. The molecule has 2 heterocycles. The normalized spacial score (nSPS) is 11.1. The van der Waals surface area contributed by atoms with E-state index >= 15 is 0 Å². The standard InChI is InChI=1S/C12H7ClN2O2/c13-6-1-2-7-9(5-6)15-11(12(16)17)8-3-4-14-10(7)8/h1-5,14H,(H,16,17). The Labute approximate surface area is 101 Å². The second kappa shape index (κ2) is 3.46. The number of H-pyrrole nitrogens is 1. The predicted octanol–water partition coefficient (Wildman–Crippen LogP) is 3.07. The Morgan fingerprint density at radius 3 is 2.88 bits per heavy atom. The van der Waals surface area contributed by atoms with Gasteiger partial charge in [0.05, 0.1) is 11.0 Å². The first kappa shape index (κ1) is 10.1. The topological polar surface area (TPSA) is 66.0 Å². The molecule has 0 aliphatic heterocycles. The van der Waals surface area contributed by atoms with Gasteiger partial charge in [0.2, 0.25) is 0 Å². The fourth-order valence-corrected chi connectivity index (χ4v) is 2.11. The van der Waals surface area contributed by atoms with Crippen LogP contribution >= 0.6 is 11.6 Å². The summed E-state index contributed by atoms with van der Waals surface area (Å²) in [5.74, 6) is -1.04. The largest absolute Gasteiger partial charge is 0.476 e. The fraction of sp³-hybridized carbons (Fsp3) is 0. The Hall–Kier alpha value is -2.07. The third kappa shape index (κ3) is 1.45. The van der Waals surface area contributed by atoms with Crippen LogP contribution in [0.2, 0.25) is 5.02 Å². The maximum Gasteiger partial charge on any atom is 0.355 e. The highest BCUT2D eigenvalue weighted by Crippen LogP contribution is 2.27. The van der Waals surface area contributed by atoms with Gasteiger partial charge in [0.25, 0.3) is 0 Å². The van der Waals surface area contributed by atoms with Gasteiger partial charge in [-0.15, -0.1) is 0 Å². The number of aromatic amines is 1.